The molecule has 0 heterocycles. The lowest BCUT2D eigenvalue weighted by atomic mass is 9.99. The molecule has 3 unspecified atom stereocenters. The molecule has 0 saturated heterocycles. The molecule has 0 aromatic heterocycles. The fourth-order valence-electron chi connectivity index (χ4n) is 12.9. The summed E-state index contributed by atoms with van der Waals surface area (Å²) in [5.41, 5.74) is 0. The maximum atomic E-state index is 13.1. The lowest BCUT2D eigenvalue weighted by Crippen LogP contribution is -2.30. The smallest absolute Gasteiger partial charge is 0.462 e. The summed E-state index contributed by atoms with van der Waals surface area (Å²) in [4.78, 5) is 73.0. The molecule has 0 spiro atoms. The molecule has 102 heavy (non-hydrogen) atoms. The van der Waals surface area contributed by atoms with Gasteiger partial charge in [0, 0.05) is 25.7 Å². The van der Waals surface area contributed by atoms with Gasteiger partial charge in [-0.1, -0.05) is 388 Å². The van der Waals surface area contributed by atoms with Crippen molar-refractivity contribution in [3.05, 3.63) is 0 Å². The van der Waals surface area contributed by atoms with Crippen LogP contribution in [-0.4, -0.2) is 96.7 Å². The molecule has 0 fully saturated rings. The number of aliphatic hydroxyl groups is 1. The number of carbonyl (C=O) groups is 4. The van der Waals surface area contributed by atoms with E-state index in [9.17, 15) is 43.2 Å². The van der Waals surface area contributed by atoms with Crippen LogP contribution in [0.4, 0.5) is 0 Å². The first-order chi connectivity index (χ1) is 49.4. The van der Waals surface area contributed by atoms with E-state index in [0.29, 0.717) is 31.6 Å². The molecular formula is C83H162O17P2. The van der Waals surface area contributed by atoms with Gasteiger partial charge in [-0.3, -0.25) is 37.3 Å². The number of rotatable bonds is 82. The molecule has 0 aromatic carbocycles. The Kier molecular flexibility index (Phi) is 73.1. The van der Waals surface area contributed by atoms with Gasteiger partial charge in [-0.25, -0.2) is 9.13 Å². The Bertz CT molecular complexity index is 1960. The van der Waals surface area contributed by atoms with Crippen LogP contribution in [0.1, 0.15) is 440 Å². The molecule has 3 N–H and O–H groups in total. The van der Waals surface area contributed by atoms with Crippen molar-refractivity contribution in [2.45, 2.75) is 458 Å². The predicted molar refractivity (Wildman–Crippen MR) is 418 cm³/mol. The quantitative estimate of drug-likeness (QED) is 0.0222. The maximum absolute atomic E-state index is 13.1. The molecule has 0 rings (SSSR count). The molecule has 0 aromatic rings. The van der Waals surface area contributed by atoms with E-state index in [4.69, 9.17) is 37.0 Å². The fourth-order valence-corrected chi connectivity index (χ4v) is 14.4. The Hall–Kier alpha value is -1.94. The Morgan fingerprint density at radius 1 is 0.284 bits per heavy atom. The van der Waals surface area contributed by atoms with E-state index < -0.39 is 97.5 Å². The lowest BCUT2D eigenvalue weighted by molar-refractivity contribution is -0.161. The molecule has 0 aliphatic heterocycles. The summed E-state index contributed by atoms with van der Waals surface area (Å²) in [7, 11) is -9.92. The van der Waals surface area contributed by atoms with Crippen LogP contribution in [0.5, 0.6) is 0 Å². The van der Waals surface area contributed by atoms with Gasteiger partial charge in [0.15, 0.2) is 12.2 Å². The van der Waals surface area contributed by atoms with Crippen LogP contribution < -0.4 is 0 Å². The van der Waals surface area contributed by atoms with Gasteiger partial charge in [-0.2, -0.15) is 0 Å². The third kappa shape index (κ3) is 74.9. The number of carbonyl (C=O) groups excluding carboxylic acids is 4. The fraction of sp³-hybridized carbons (Fsp3) is 0.952. The van der Waals surface area contributed by atoms with Crippen molar-refractivity contribution in [1.29, 1.82) is 0 Å². The van der Waals surface area contributed by atoms with Crippen LogP contribution in [0.3, 0.4) is 0 Å². The van der Waals surface area contributed by atoms with Crippen molar-refractivity contribution in [3.63, 3.8) is 0 Å². The van der Waals surface area contributed by atoms with Crippen molar-refractivity contribution in [2.75, 3.05) is 39.6 Å². The van der Waals surface area contributed by atoms with Gasteiger partial charge in [0.2, 0.25) is 0 Å². The number of phosphoric acid groups is 2. The number of hydrogen-bond donors (Lipinski definition) is 3. The minimum Gasteiger partial charge on any atom is -0.462 e. The molecule has 0 bridgehead atoms. The average Bonchev–Trinajstić information content (AvgIpc) is 0.911. The zero-order valence-corrected chi connectivity index (χ0v) is 68.7. The van der Waals surface area contributed by atoms with Crippen molar-refractivity contribution >= 4 is 39.5 Å². The molecule has 6 atom stereocenters. The van der Waals surface area contributed by atoms with Crippen LogP contribution in [-0.2, 0) is 65.4 Å². The van der Waals surface area contributed by atoms with E-state index in [1.807, 2.05) is 0 Å². The zero-order chi connectivity index (χ0) is 74.9. The highest BCUT2D eigenvalue weighted by molar-refractivity contribution is 7.47. The number of ether oxygens (including phenoxy) is 4. The number of esters is 4. The van der Waals surface area contributed by atoms with Crippen molar-refractivity contribution < 1.29 is 80.2 Å². The van der Waals surface area contributed by atoms with Gasteiger partial charge in [-0.05, 0) is 37.5 Å². The summed E-state index contributed by atoms with van der Waals surface area (Å²) in [5.74, 6) is -0.557. The highest BCUT2D eigenvalue weighted by Gasteiger charge is 2.30. The van der Waals surface area contributed by atoms with E-state index >= 15 is 0 Å². The van der Waals surface area contributed by atoms with E-state index in [1.165, 1.54) is 250 Å². The molecule has 606 valence electrons. The molecule has 0 aliphatic carbocycles. The first kappa shape index (κ1) is 100. The second kappa shape index (κ2) is 74.5. The summed E-state index contributed by atoms with van der Waals surface area (Å²) < 4.78 is 68.7. The predicted octanol–water partition coefficient (Wildman–Crippen LogP) is 25.1. The van der Waals surface area contributed by atoms with Crippen LogP contribution in [0.2, 0.25) is 0 Å². The first-order valence-corrected chi connectivity index (χ1v) is 46.0. The standard InChI is InChI=1S/C83H162O17P2/c1-7-10-12-14-16-18-20-22-24-31-34-38-42-46-53-59-65-80(85)93-71-78(99-82(87)67-62-56-48-44-40-36-32-28-26-25-27-30-33-37-41-45-52-58-64-76(6)9-3)73-97-101(89,90)95-69-77(84)70-96-102(91,92)98-74-79(72-94-81(86)66-60-54-50-49-51-57-63-75(4)5)100-83(88)68-61-55-47-43-39-35-29-23-21-19-17-15-13-11-8-2/h75-79,84H,7-74H2,1-6H3,(H,89,90)(H,91,92)/t76?,77-,78-,79-/m1/s1. The SMILES string of the molecule is CCCCCCCCCCCCCCCCCCC(=O)OC[C@H](COP(=O)(O)OC[C@@H](O)COP(=O)(O)OC[C@@H](COC(=O)CCCCCCCCC(C)C)OC(=O)CCCCCCCCCCCCCCCCC)OC(=O)CCCCCCCCCCCCCCCCCCCCC(C)CC. The summed E-state index contributed by atoms with van der Waals surface area (Å²) in [6, 6.07) is 0. The van der Waals surface area contributed by atoms with Gasteiger partial charge in [-0.15, -0.1) is 0 Å². The second-order valence-electron chi connectivity index (χ2n) is 30.6. The van der Waals surface area contributed by atoms with E-state index in [-0.39, 0.29) is 25.7 Å². The van der Waals surface area contributed by atoms with Gasteiger partial charge in [0.25, 0.3) is 0 Å². The number of hydrogen-bond acceptors (Lipinski definition) is 15. The van der Waals surface area contributed by atoms with Gasteiger partial charge >= 0.3 is 39.5 Å². The summed E-state index contributed by atoms with van der Waals surface area (Å²) in [6.45, 7) is 9.64. The third-order valence-corrected chi connectivity index (χ3v) is 21.7. The number of unbranched alkanes of at least 4 members (excludes halogenated alkanes) is 51. The highest BCUT2D eigenvalue weighted by atomic mass is 31.2. The summed E-state index contributed by atoms with van der Waals surface area (Å²) in [6.07, 6.45) is 65.4. The van der Waals surface area contributed by atoms with E-state index in [0.717, 1.165) is 102 Å². The maximum Gasteiger partial charge on any atom is 0.472 e. The van der Waals surface area contributed by atoms with Crippen molar-refractivity contribution in [1.82, 2.24) is 0 Å². The Morgan fingerprint density at radius 3 is 0.745 bits per heavy atom. The van der Waals surface area contributed by atoms with Gasteiger partial charge < -0.3 is 33.8 Å². The van der Waals surface area contributed by atoms with Crippen molar-refractivity contribution in [3.8, 4) is 0 Å². The lowest BCUT2D eigenvalue weighted by Gasteiger charge is -2.21. The highest BCUT2D eigenvalue weighted by Crippen LogP contribution is 2.45. The molecule has 0 aliphatic rings. The molecular weight excluding hydrogens is 1330 g/mol. The minimum absolute atomic E-state index is 0.107. The Labute approximate surface area is 626 Å². The van der Waals surface area contributed by atoms with Crippen LogP contribution in [0, 0.1) is 11.8 Å². The topological polar surface area (TPSA) is 237 Å². The Morgan fingerprint density at radius 2 is 0.500 bits per heavy atom. The van der Waals surface area contributed by atoms with E-state index in [1.54, 1.807) is 0 Å². The molecule has 0 amide bonds. The molecule has 0 radical (unpaired) electrons. The largest absolute Gasteiger partial charge is 0.472 e. The van der Waals surface area contributed by atoms with Crippen LogP contribution in [0.25, 0.3) is 0 Å². The molecule has 0 saturated carbocycles. The number of phosphoric ester groups is 2. The molecule has 19 heteroatoms. The number of aliphatic hydroxyl groups excluding tert-OH is 1. The van der Waals surface area contributed by atoms with Gasteiger partial charge in [0.05, 0.1) is 26.4 Å². The summed E-state index contributed by atoms with van der Waals surface area (Å²) in [5, 5.41) is 10.6. The Balaban J connectivity index is 5.20. The molecule has 17 nitrogen and oxygen atoms in total. The normalized spacial score (nSPS) is 14.1. The minimum atomic E-state index is -4.96. The monoisotopic (exact) mass is 1490 g/mol. The van der Waals surface area contributed by atoms with Crippen LogP contribution in [0.15, 0.2) is 0 Å². The van der Waals surface area contributed by atoms with E-state index in [2.05, 4.69) is 41.5 Å². The van der Waals surface area contributed by atoms with Gasteiger partial charge in [0.1, 0.15) is 19.3 Å². The third-order valence-electron chi connectivity index (χ3n) is 19.8. The first-order valence-electron chi connectivity index (χ1n) is 43.0. The second-order valence-corrected chi connectivity index (χ2v) is 33.5. The zero-order valence-electron chi connectivity index (χ0n) is 66.9. The van der Waals surface area contributed by atoms with Crippen LogP contribution >= 0.6 is 15.6 Å². The average molecular weight is 1490 g/mol. The summed E-state index contributed by atoms with van der Waals surface area (Å²) >= 11 is 0. The van der Waals surface area contributed by atoms with Crippen molar-refractivity contribution in [2.24, 2.45) is 11.8 Å².